The number of benzene rings is 1. The molecule has 0 saturated carbocycles. The summed E-state index contributed by atoms with van der Waals surface area (Å²) in [5, 5.41) is 4.73. The van der Waals surface area contributed by atoms with Crippen molar-refractivity contribution in [1.82, 2.24) is 9.88 Å². The number of likely N-dealkylation sites (tertiary alicyclic amines) is 1. The van der Waals surface area contributed by atoms with Gasteiger partial charge in [0.1, 0.15) is 5.69 Å². The molecule has 7 heteroatoms. The predicted octanol–water partition coefficient (Wildman–Crippen LogP) is 5.37. The van der Waals surface area contributed by atoms with Crippen molar-refractivity contribution in [3.63, 3.8) is 0 Å². The summed E-state index contributed by atoms with van der Waals surface area (Å²) in [6.45, 7) is 5.71. The van der Waals surface area contributed by atoms with Gasteiger partial charge in [0.2, 0.25) is 0 Å². The summed E-state index contributed by atoms with van der Waals surface area (Å²) >= 11 is 13.7. The third kappa shape index (κ3) is 3.68. The van der Waals surface area contributed by atoms with Crippen molar-refractivity contribution >= 4 is 51.3 Å². The lowest BCUT2D eigenvalue weighted by atomic mass is 10.00. The molecular weight excluding hydrogens is 365 g/mol. The van der Waals surface area contributed by atoms with Gasteiger partial charge in [0.05, 0.1) is 15.7 Å². The topological polar surface area (TPSA) is 45.2 Å². The fourth-order valence-corrected chi connectivity index (χ4v) is 4.05. The largest absolute Gasteiger partial charge is 0.337 e. The molecule has 1 N–H and O–H groups in total. The molecule has 1 fully saturated rings. The number of nitrogens with zero attached hydrogens (tertiary/aromatic N) is 2. The number of halogens is 2. The summed E-state index contributed by atoms with van der Waals surface area (Å²) in [7, 11) is 0. The van der Waals surface area contributed by atoms with Crippen molar-refractivity contribution in [2.24, 2.45) is 5.92 Å². The fourth-order valence-electron chi connectivity index (χ4n) is 2.89. The van der Waals surface area contributed by atoms with Crippen LogP contribution in [0.1, 0.15) is 35.1 Å². The standard InChI is InChI=1S/C17H19Cl2N3OS/c1-10-5-4-8-22(9-10)16(23)15-11(2)24-17(21-15)20-13-7-3-6-12(18)14(13)19/h3,6-7,10H,4-5,8-9H2,1-2H3,(H,20,21). The molecule has 1 saturated heterocycles. The molecule has 128 valence electrons. The van der Waals surface area contributed by atoms with Gasteiger partial charge in [-0.1, -0.05) is 36.2 Å². The number of carbonyl (C=O) groups is 1. The van der Waals surface area contributed by atoms with Crippen molar-refractivity contribution in [2.45, 2.75) is 26.7 Å². The van der Waals surface area contributed by atoms with Crippen LogP contribution in [0.5, 0.6) is 0 Å². The zero-order chi connectivity index (χ0) is 17.3. The maximum absolute atomic E-state index is 12.7. The average molecular weight is 384 g/mol. The molecule has 0 radical (unpaired) electrons. The van der Waals surface area contributed by atoms with Crippen molar-refractivity contribution in [3.8, 4) is 0 Å². The molecule has 1 aliphatic rings. The van der Waals surface area contributed by atoms with Crippen LogP contribution in [-0.2, 0) is 0 Å². The van der Waals surface area contributed by atoms with Gasteiger partial charge in [-0.15, -0.1) is 11.3 Å². The third-order valence-electron chi connectivity index (χ3n) is 4.14. The van der Waals surface area contributed by atoms with E-state index in [1.54, 1.807) is 6.07 Å². The summed E-state index contributed by atoms with van der Waals surface area (Å²) in [4.78, 5) is 20.0. The van der Waals surface area contributed by atoms with Crippen LogP contribution in [0, 0.1) is 12.8 Å². The van der Waals surface area contributed by atoms with Gasteiger partial charge in [0.15, 0.2) is 5.13 Å². The molecule has 0 aliphatic carbocycles. The lowest BCUT2D eigenvalue weighted by molar-refractivity contribution is 0.0677. The number of aryl methyl sites for hydroxylation is 1. The quantitative estimate of drug-likeness (QED) is 0.773. The Labute approximate surface area is 155 Å². The third-order valence-corrected chi connectivity index (χ3v) is 5.84. The smallest absolute Gasteiger partial charge is 0.273 e. The monoisotopic (exact) mass is 383 g/mol. The number of thiazole rings is 1. The first-order valence-corrected chi connectivity index (χ1v) is 9.50. The summed E-state index contributed by atoms with van der Waals surface area (Å²) in [6, 6.07) is 5.38. The molecule has 2 heterocycles. The van der Waals surface area contributed by atoms with Crippen LogP contribution < -0.4 is 5.32 Å². The van der Waals surface area contributed by atoms with Crippen LogP contribution >= 0.6 is 34.5 Å². The minimum atomic E-state index is 0.0144. The molecule has 0 bridgehead atoms. The number of amides is 1. The Balaban J connectivity index is 1.80. The minimum absolute atomic E-state index is 0.0144. The van der Waals surface area contributed by atoms with Gasteiger partial charge in [-0.25, -0.2) is 4.98 Å². The molecule has 0 spiro atoms. The van der Waals surface area contributed by atoms with Crippen LogP contribution in [0.3, 0.4) is 0 Å². The van der Waals surface area contributed by atoms with Crippen LogP contribution in [0.4, 0.5) is 10.8 Å². The number of anilines is 2. The molecule has 1 amide bonds. The predicted molar refractivity (Wildman–Crippen MR) is 101 cm³/mol. The first kappa shape index (κ1) is 17.5. The van der Waals surface area contributed by atoms with Crippen LogP contribution in [0.15, 0.2) is 18.2 Å². The molecule has 2 aromatic rings. The van der Waals surface area contributed by atoms with E-state index in [-0.39, 0.29) is 5.91 Å². The van der Waals surface area contributed by atoms with Gasteiger partial charge in [-0.2, -0.15) is 0 Å². The lowest BCUT2D eigenvalue weighted by Gasteiger charge is -2.30. The fraction of sp³-hybridized carbons (Fsp3) is 0.412. The minimum Gasteiger partial charge on any atom is -0.337 e. The highest BCUT2D eigenvalue weighted by molar-refractivity contribution is 7.15. The van der Waals surface area contributed by atoms with Gasteiger partial charge < -0.3 is 10.2 Å². The van der Waals surface area contributed by atoms with E-state index in [0.717, 1.165) is 24.4 Å². The Bertz CT molecular complexity index is 762. The molecule has 1 aliphatic heterocycles. The van der Waals surface area contributed by atoms with Gasteiger partial charge in [0, 0.05) is 18.0 Å². The van der Waals surface area contributed by atoms with E-state index < -0.39 is 0 Å². The lowest BCUT2D eigenvalue weighted by Crippen LogP contribution is -2.39. The molecule has 1 aromatic heterocycles. The van der Waals surface area contributed by atoms with Crippen LogP contribution in [-0.4, -0.2) is 28.9 Å². The van der Waals surface area contributed by atoms with E-state index in [1.165, 1.54) is 17.8 Å². The number of hydrogen-bond donors (Lipinski definition) is 1. The zero-order valence-electron chi connectivity index (χ0n) is 13.6. The van der Waals surface area contributed by atoms with Gasteiger partial charge >= 0.3 is 0 Å². The van der Waals surface area contributed by atoms with E-state index in [2.05, 4.69) is 17.2 Å². The second kappa shape index (κ2) is 7.30. The van der Waals surface area contributed by atoms with Gasteiger partial charge in [-0.05, 0) is 37.8 Å². The summed E-state index contributed by atoms with van der Waals surface area (Å²) in [6.07, 6.45) is 2.24. The SMILES string of the molecule is Cc1sc(Nc2cccc(Cl)c2Cl)nc1C(=O)N1CCCC(C)C1. The second-order valence-corrected chi connectivity index (χ2v) is 8.14. The molecule has 1 unspecified atom stereocenters. The Hall–Kier alpha value is -1.30. The maximum atomic E-state index is 12.7. The van der Waals surface area contributed by atoms with E-state index >= 15 is 0 Å². The van der Waals surface area contributed by atoms with Crippen molar-refractivity contribution < 1.29 is 4.79 Å². The summed E-state index contributed by atoms with van der Waals surface area (Å²) in [5.74, 6) is 0.560. The first-order chi connectivity index (χ1) is 11.5. The van der Waals surface area contributed by atoms with E-state index in [1.807, 2.05) is 24.0 Å². The Morgan fingerprint density at radius 1 is 1.42 bits per heavy atom. The maximum Gasteiger partial charge on any atom is 0.273 e. The molecular formula is C17H19Cl2N3OS. The van der Waals surface area contributed by atoms with Crippen LogP contribution in [0.25, 0.3) is 0 Å². The van der Waals surface area contributed by atoms with Gasteiger partial charge in [-0.3, -0.25) is 4.79 Å². The van der Waals surface area contributed by atoms with E-state index in [9.17, 15) is 4.79 Å². The second-order valence-electron chi connectivity index (χ2n) is 6.15. The highest BCUT2D eigenvalue weighted by Gasteiger charge is 2.25. The highest BCUT2D eigenvalue weighted by Crippen LogP contribution is 2.34. The summed E-state index contributed by atoms with van der Waals surface area (Å²) < 4.78 is 0. The molecule has 24 heavy (non-hydrogen) atoms. The Kier molecular flexibility index (Phi) is 5.33. The highest BCUT2D eigenvalue weighted by atomic mass is 35.5. The molecule has 1 atom stereocenters. The van der Waals surface area contributed by atoms with Crippen LogP contribution in [0.2, 0.25) is 10.0 Å². The molecule has 3 rings (SSSR count). The van der Waals surface area contributed by atoms with E-state index in [4.69, 9.17) is 23.2 Å². The van der Waals surface area contributed by atoms with Gasteiger partial charge in [0.25, 0.3) is 5.91 Å². The molecule has 1 aromatic carbocycles. The zero-order valence-corrected chi connectivity index (χ0v) is 15.9. The first-order valence-electron chi connectivity index (χ1n) is 7.93. The number of hydrogen-bond acceptors (Lipinski definition) is 4. The number of piperidine rings is 1. The summed E-state index contributed by atoms with van der Waals surface area (Å²) in [5.41, 5.74) is 1.21. The van der Waals surface area contributed by atoms with Crippen molar-refractivity contribution in [3.05, 3.63) is 38.8 Å². The molecule has 4 nitrogen and oxygen atoms in total. The number of nitrogens with one attached hydrogen (secondary N) is 1. The normalized spacial score (nSPS) is 17.8. The average Bonchev–Trinajstić information content (AvgIpc) is 2.91. The number of rotatable bonds is 3. The van der Waals surface area contributed by atoms with E-state index in [0.29, 0.717) is 32.5 Å². The number of carbonyl (C=O) groups excluding carboxylic acids is 1. The Morgan fingerprint density at radius 2 is 2.21 bits per heavy atom. The van der Waals surface area contributed by atoms with Crippen molar-refractivity contribution in [1.29, 1.82) is 0 Å². The Morgan fingerprint density at radius 3 is 2.96 bits per heavy atom. The number of aromatic nitrogens is 1. The van der Waals surface area contributed by atoms with Crippen molar-refractivity contribution in [2.75, 3.05) is 18.4 Å².